The van der Waals surface area contributed by atoms with Crippen LogP contribution < -0.4 is 5.73 Å². The van der Waals surface area contributed by atoms with Gasteiger partial charge in [0.25, 0.3) is 0 Å². The Morgan fingerprint density at radius 3 is 2.57 bits per heavy atom. The molecule has 5 nitrogen and oxygen atoms in total. The van der Waals surface area contributed by atoms with Crippen molar-refractivity contribution in [3.8, 4) is 11.1 Å². The lowest BCUT2D eigenvalue weighted by molar-refractivity contribution is 0.100. The van der Waals surface area contributed by atoms with Gasteiger partial charge in [0, 0.05) is 29.9 Å². The molecule has 0 unspecified atom stereocenters. The highest BCUT2D eigenvalue weighted by atomic mass is 19.1. The Bertz CT molecular complexity index is 1170. The minimum atomic E-state index is -0.452. The molecule has 0 aliphatic heterocycles. The van der Waals surface area contributed by atoms with Gasteiger partial charge in [0.05, 0.1) is 12.3 Å². The maximum atomic E-state index is 14.0. The molecule has 0 aliphatic rings. The Labute approximate surface area is 160 Å². The first-order valence-corrected chi connectivity index (χ1v) is 8.80. The summed E-state index contributed by atoms with van der Waals surface area (Å²) in [4.78, 5) is 15.8. The SMILES string of the molecule is NC(=O)c1ccc(Cc2cn3cc(-c4cccc(F)c4CO)ccc3n2)cc1. The summed E-state index contributed by atoms with van der Waals surface area (Å²) in [6.07, 6.45) is 4.40. The molecule has 0 saturated heterocycles. The van der Waals surface area contributed by atoms with Crippen molar-refractivity contribution < 1.29 is 14.3 Å². The van der Waals surface area contributed by atoms with E-state index in [1.807, 2.05) is 41.1 Å². The monoisotopic (exact) mass is 375 g/mol. The highest BCUT2D eigenvalue weighted by Gasteiger charge is 2.11. The first-order valence-electron chi connectivity index (χ1n) is 8.80. The van der Waals surface area contributed by atoms with E-state index in [4.69, 9.17) is 5.73 Å². The minimum Gasteiger partial charge on any atom is -0.392 e. The molecule has 0 radical (unpaired) electrons. The minimum absolute atomic E-state index is 0.275. The summed E-state index contributed by atoms with van der Waals surface area (Å²) in [7, 11) is 0. The number of halogens is 1. The molecule has 1 amide bonds. The first-order chi connectivity index (χ1) is 13.5. The number of hydrogen-bond acceptors (Lipinski definition) is 3. The largest absolute Gasteiger partial charge is 0.392 e. The lowest BCUT2D eigenvalue weighted by Crippen LogP contribution is -2.10. The van der Waals surface area contributed by atoms with Crippen molar-refractivity contribution in [1.82, 2.24) is 9.38 Å². The van der Waals surface area contributed by atoms with Gasteiger partial charge in [-0.25, -0.2) is 9.37 Å². The summed E-state index contributed by atoms with van der Waals surface area (Å²) in [6, 6.07) is 15.6. The van der Waals surface area contributed by atoms with Gasteiger partial charge in [-0.2, -0.15) is 0 Å². The molecular weight excluding hydrogens is 357 g/mol. The third-order valence-electron chi connectivity index (χ3n) is 4.71. The molecule has 0 fully saturated rings. The fraction of sp³-hybridized carbons (Fsp3) is 0.0909. The number of carbonyl (C=O) groups excluding carboxylic acids is 1. The molecule has 3 N–H and O–H groups in total. The van der Waals surface area contributed by atoms with Gasteiger partial charge in [-0.05, 0) is 47.0 Å². The third kappa shape index (κ3) is 3.37. The van der Waals surface area contributed by atoms with Gasteiger partial charge in [0.1, 0.15) is 11.5 Å². The summed E-state index contributed by atoms with van der Waals surface area (Å²) in [6.45, 7) is -0.365. The van der Waals surface area contributed by atoms with Gasteiger partial charge in [-0.15, -0.1) is 0 Å². The average Bonchev–Trinajstić information content (AvgIpc) is 3.09. The summed E-state index contributed by atoms with van der Waals surface area (Å²) in [5.74, 6) is -0.878. The predicted molar refractivity (Wildman–Crippen MR) is 104 cm³/mol. The van der Waals surface area contributed by atoms with E-state index < -0.39 is 11.7 Å². The van der Waals surface area contributed by atoms with Crippen LogP contribution in [0.25, 0.3) is 16.8 Å². The zero-order chi connectivity index (χ0) is 19.7. The lowest BCUT2D eigenvalue weighted by atomic mass is 10.0. The van der Waals surface area contributed by atoms with Crippen molar-refractivity contribution >= 4 is 11.6 Å². The fourth-order valence-corrected chi connectivity index (χ4v) is 3.27. The fourth-order valence-electron chi connectivity index (χ4n) is 3.27. The number of benzene rings is 2. The van der Waals surface area contributed by atoms with Gasteiger partial charge in [0.15, 0.2) is 0 Å². The second-order valence-corrected chi connectivity index (χ2v) is 6.58. The zero-order valence-corrected chi connectivity index (χ0v) is 15.0. The maximum absolute atomic E-state index is 14.0. The van der Waals surface area contributed by atoms with Crippen molar-refractivity contribution in [3.05, 3.63) is 95.2 Å². The van der Waals surface area contributed by atoms with Gasteiger partial charge in [-0.1, -0.05) is 24.3 Å². The molecule has 0 aliphatic carbocycles. The summed E-state index contributed by atoms with van der Waals surface area (Å²) >= 11 is 0. The molecule has 6 heteroatoms. The molecular formula is C22H18FN3O2. The van der Waals surface area contributed by atoms with E-state index in [1.54, 1.807) is 24.3 Å². The van der Waals surface area contributed by atoms with Crippen LogP contribution in [0.3, 0.4) is 0 Å². The number of fused-ring (bicyclic) bond motifs is 1. The normalized spacial score (nSPS) is 11.1. The van der Waals surface area contributed by atoms with Crippen molar-refractivity contribution in [1.29, 1.82) is 0 Å². The van der Waals surface area contributed by atoms with Crippen molar-refractivity contribution in [2.24, 2.45) is 5.73 Å². The number of aromatic nitrogens is 2. The van der Waals surface area contributed by atoms with Crippen LogP contribution in [0.1, 0.15) is 27.2 Å². The average molecular weight is 375 g/mol. The lowest BCUT2D eigenvalue weighted by Gasteiger charge is -2.09. The molecule has 0 bridgehead atoms. The van der Waals surface area contributed by atoms with E-state index in [0.29, 0.717) is 17.5 Å². The number of rotatable bonds is 5. The molecule has 2 heterocycles. The van der Waals surface area contributed by atoms with Crippen molar-refractivity contribution in [3.63, 3.8) is 0 Å². The van der Waals surface area contributed by atoms with E-state index in [0.717, 1.165) is 22.5 Å². The number of nitrogens with zero attached hydrogens (tertiary/aromatic N) is 2. The van der Waals surface area contributed by atoms with E-state index in [9.17, 15) is 14.3 Å². The van der Waals surface area contributed by atoms with E-state index in [-0.39, 0.29) is 12.2 Å². The summed E-state index contributed by atoms with van der Waals surface area (Å²) in [5.41, 5.74) is 10.1. The van der Waals surface area contributed by atoms with Crippen LogP contribution in [0.4, 0.5) is 4.39 Å². The number of hydrogen-bond donors (Lipinski definition) is 2. The summed E-state index contributed by atoms with van der Waals surface area (Å²) in [5, 5.41) is 9.51. The molecule has 4 rings (SSSR count). The van der Waals surface area contributed by atoms with Crippen LogP contribution in [0, 0.1) is 5.82 Å². The Morgan fingerprint density at radius 1 is 1.07 bits per heavy atom. The van der Waals surface area contributed by atoms with Gasteiger partial charge < -0.3 is 15.2 Å². The van der Waals surface area contributed by atoms with Gasteiger partial charge in [0.2, 0.25) is 5.91 Å². The second kappa shape index (κ2) is 7.25. The standard InChI is InChI=1S/C22H18FN3O2/c23-20-3-1-2-18(19(20)13-27)16-8-9-21-25-17(12-26(21)11-16)10-14-4-6-15(7-5-14)22(24)28/h1-9,11-12,27H,10,13H2,(H2,24,28). The Morgan fingerprint density at radius 2 is 1.86 bits per heavy atom. The highest BCUT2D eigenvalue weighted by Crippen LogP contribution is 2.26. The number of nitrogens with two attached hydrogens (primary N) is 1. The van der Waals surface area contributed by atoms with Crippen molar-refractivity contribution in [2.45, 2.75) is 13.0 Å². The molecule has 0 atom stereocenters. The highest BCUT2D eigenvalue weighted by molar-refractivity contribution is 5.92. The molecule has 0 spiro atoms. The van der Waals surface area contributed by atoms with E-state index >= 15 is 0 Å². The topological polar surface area (TPSA) is 80.6 Å². The number of amides is 1. The van der Waals surface area contributed by atoms with Gasteiger partial charge >= 0.3 is 0 Å². The smallest absolute Gasteiger partial charge is 0.248 e. The number of imidazole rings is 1. The second-order valence-electron chi connectivity index (χ2n) is 6.58. The first kappa shape index (κ1) is 17.9. The molecule has 140 valence electrons. The van der Waals surface area contributed by atoms with Crippen molar-refractivity contribution in [2.75, 3.05) is 0 Å². The number of aliphatic hydroxyl groups excluding tert-OH is 1. The van der Waals surface area contributed by atoms with Crippen LogP contribution >= 0.6 is 0 Å². The Kier molecular flexibility index (Phi) is 4.63. The number of aliphatic hydroxyl groups is 1. The van der Waals surface area contributed by atoms with Crippen LogP contribution in [-0.2, 0) is 13.0 Å². The Hall–Kier alpha value is -3.51. The number of pyridine rings is 1. The maximum Gasteiger partial charge on any atom is 0.248 e. The van der Waals surface area contributed by atoms with Crippen LogP contribution in [0.15, 0.2) is 67.0 Å². The van der Waals surface area contributed by atoms with E-state index in [1.165, 1.54) is 6.07 Å². The Balaban J connectivity index is 1.65. The number of carbonyl (C=O) groups is 1. The predicted octanol–water partition coefficient (Wildman–Crippen LogP) is 3.32. The molecule has 28 heavy (non-hydrogen) atoms. The molecule has 0 saturated carbocycles. The van der Waals surface area contributed by atoms with Gasteiger partial charge in [-0.3, -0.25) is 4.79 Å². The zero-order valence-electron chi connectivity index (χ0n) is 15.0. The van der Waals surface area contributed by atoms with Crippen LogP contribution in [0.5, 0.6) is 0 Å². The van der Waals surface area contributed by atoms with E-state index in [2.05, 4.69) is 4.98 Å². The molecule has 2 aromatic carbocycles. The van der Waals surface area contributed by atoms with Crippen LogP contribution in [-0.4, -0.2) is 20.4 Å². The summed E-state index contributed by atoms with van der Waals surface area (Å²) < 4.78 is 15.9. The molecule has 4 aromatic rings. The quantitative estimate of drug-likeness (QED) is 0.561. The third-order valence-corrected chi connectivity index (χ3v) is 4.71. The molecule has 2 aromatic heterocycles. The van der Waals surface area contributed by atoms with Crippen LogP contribution in [0.2, 0.25) is 0 Å². The number of primary amides is 1.